The molecule has 0 aliphatic heterocycles. The van der Waals surface area contributed by atoms with Crippen LogP contribution in [0.15, 0.2) is 65.7 Å². The van der Waals surface area contributed by atoms with E-state index in [1.54, 1.807) is 6.07 Å². The molecule has 14 heteroatoms. The van der Waals surface area contributed by atoms with Crippen LogP contribution >= 0.6 is 12.4 Å². The molecular weight excluding hydrogens is 702 g/mol. The van der Waals surface area contributed by atoms with Crippen molar-refractivity contribution in [2.75, 3.05) is 11.3 Å². The van der Waals surface area contributed by atoms with E-state index >= 15 is 0 Å². The van der Waals surface area contributed by atoms with Gasteiger partial charge in [-0.05, 0) is 73.9 Å². The Hall–Kier alpha value is -4.59. The lowest BCUT2D eigenvalue weighted by atomic mass is 9.92. The van der Waals surface area contributed by atoms with Gasteiger partial charge in [0.25, 0.3) is 10.0 Å². The van der Waals surface area contributed by atoms with E-state index in [9.17, 15) is 18.3 Å². The van der Waals surface area contributed by atoms with Crippen LogP contribution < -0.4 is 14.8 Å². The van der Waals surface area contributed by atoms with Crippen molar-refractivity contribution in [3.8, 4) is 17.1 Å². The van der Waals surface area contributed by atoms with E-state index in [0.717, 1.165) is 64.6 Å². The van der Waals surface area contributed by atoms with Crippen LogP contribution in [-0.2, 0) is 29.0 Å². The number of halogens is 1. The second-order valence-corrected chi connectivity index (χ2v) is 16.6. The molecule has 2 aromatic carbocycles. The van der Waals surface area contributed by atoms with Gasteiger partial charge < -0.3 is 19.7 Å². The number of nitrogens with zero attached hydrogens (tertiary/aromatic N) is 5. The van der Waals surface area contributed by atoms with Gasteiger partial charge in [0.2, 0.25) is 11.8 Å². The fourth-order valence-corrected chi connectivity index (χ4v) is 7.41. The molecule has 5 aromatic rings. The lowest BCUT2D eigenvalue weighted by molar-refractivity contribution is 0.0696. The zero-order chi connectivity index (χ0) is 36.7. The van der Waals surface area contributed by atoms with E-state index in [-0.39, 0.29) is 58.2 Å². The maximum Gasteiger partial charge on any atom is 0.335 e. The highest BCUT2D eigenvalue weighted by Crippen LogP contribution is 2.49. The predicted molar refractivity (Wildman–Crippen MR) is 204 cm³/mol. The standard InChI is InChI=1S/C38H45N7O5S.ClH/c1-23-10-8-11-24(2)33(23)29-18-32(43-36(42-29)44-51(48,49)28-13-9-12-25(16-28)35(46)47)50-22-26(19-38(6)14-15-38)39-20-27-21-40-30-17-31(37(3,4)5)45(7)34(30)41-27;/h8-13,16-18,21,26,39H,14-15,19-20,22H2,1-7H3,(H,46,47)(H,42,43,44);1H/t26-;/m1./s1. The Morgan fingerprint density at radius 2 is 1.73 bits per heavy atom. The molecule has 1 aliphatic carbocycles. The van der Waals surface area contributed by atoms with Crippen LogP contribution in [-0.4, -0.2) is 56.6 Å². The number of rotatable bonds is 13. The number of carboxylic acids is 1. The molecular formula is C38H46ClN7O5S. The molecule has 0 unspecified atom stereocenters. The largest absolute Gasteiger partial charge is 0.478 e. The summed E-state index contributed by atoms with van der Waals surface area (Å²) in [7, 11) is -2.21. The summed E-state index contributed by atoms with van der Waals surface area (Å²) < 4.78 is 37.8. The van der Waals surface area contributed by atoms with E-state index in [4.69, 9.17) is 14.7 Å². The molecule has 0 saturated heterocycles. The number of sulfonamides is 1. The zero-order valence-electron chi connectivity index (χ0n) is 30.5. The number of hydrogen-bond acceptors (Lipinski definition) is 9. The first kappa shape index (κ1) is 38.6. The summed E-state index contributed by atoms with van der Waals surface area (Å²) in [4.78, 5) is 30.0. The summed E-state index contributed by atoms with van der Waals surface area (Å²) >= 11 is 0. The van der Waals surface area contributed by atoms with Crippen molar-refractivity contribution in [2.45, 2.75) is 83.7 Å². The number of aromatic carboxylic acids is 1. The summed E-state index contributed by atoms with van der Waals surface area (Å²) in [5, 5.41) is 13.0. The summed E-state index contributed by atoms with van der Waals surface area (Å²) in [6.45, 7) is 13.5. The molecule has 3 N–H and O–H groups in total. The third kappa shape index (κ3) is 8.71. The Labute approximate surface area is 310 Å². The van der Waals surface area contributed by atoms with E-state index in [1.165, 1.54) is 18.2 Å². The Kier molecular flexibility index (Phi) is 11.0. The quantitative estimate of drug-likeness (QED) is 0.115. The van der Waals surface area contributed by atoms with Crippen molar-refractivity contribution in [3.05, 3.63) is 88.9 Å². The van der Waals surface area contributed by atoms with Gasteiger partial charge in [-0.3, -0.25) is 4.98 Å². The van der Waals surface area contributed by atoms with Gasteiger partial charge in [0, 0.05) is 42.4 Å². The number of carboxylic acid groups (broad SMARTS) is 1. The first-order valence-corrected chi connectivity index (χ1v) is 18.5. The molecule has 0 amide bonds. The van der Waals surface area contributed by atoms with Crippen molar-refractivity contribution in [2.24, 2.45) is 12.5 Å². The van der Waals surface area contributed by atoms with Crippen LogP contribution in [0.4, 0.5) is 5.95 Å². The van der Waals surface area contributed by atoms with E-state index in [1.807, 2.05) is 45.3 Å². The lowest BCUT2D eigenvalue weighted by Crippen LogP contribution is -2.36. The molecule has 0 radical (unpaired) electrons. The van der Waals surface area contributed by atoms with Crippen LogP contribution in [0.2, 0.25) is 0 Å². The Bertz CT molecular complexity index is 2210. The number of ether oxygens (including phenoxy) is 1. The fraction of sp³-hybridized carbons (Fsp3) is 0.395. The second-order valence-electron chi connectivity index (χ2n) is 14.9. The fourth-order valence-electron chi connectivity index (χ4n) is 6.42. The first-order chi connectivity index (χ1) is 24.0. The van der Waals surface area contributed by atoms with E-state index in [2.05, 4.69) is 58.3 Å². The first-order valence-electron chi connectivity index (χ1n) is 17.0. The van der Waals surface area contributed by atoms with Crippen molar-refractivity contribution < 1.29 is 23.1 Å². The van der Waals surface area contributed by atoms with Crippen LogP contribution in [0.25, 0.3) is 22.4 Å². The third-order valence-electron chi connectivity index (χ3n) is 9.46. The topological polar surface area (TPSA) is 161 Å². The molecule has 0 bridgehead atoms. The number of aromatic nitrogens is 5. The van der Waals surface area contributed by atoms with Crippen molar-refractivity contribution in [1.82, 2.24) is 29.8 Å². The van der Waals surface area contributed by atoms with Crippen molar-refractivity contribution in [3.63, 3.8) is 0 Å². The van der Waals surface area contributed by atoms with Gasteiger partial charge in [-0.15, -0.1) is 12.4 Å². The SMILES string of the molecule is Cc1cccc(C)c1-c1cc(OC[C@@H](CC2(C)CC2)NCc2cnc3cc(C(C)(C)C)n(C)c3n2)nc(NS(=O)(=O)c2cccc(C(=O)O)c2)n1.Cl. The predicted octanol–water partition coefficient (Wildman–Crippen LogP) is 6.99. The highest BCUT2D eigenvalue weighted by molar-refractivity contribution is 7.92. The van der Waals surface area contributed by atoms with E-state index < -0.39 is 16.0 Å². The van der Waals surface area contributed by atoms with Crippen LogP contribution in [0.1, 0.15) is 79.8 Å². The minimum absolute atomic E-state index is 0. The summed E-state index contributed by atoms with van der Waals surface area (Å²) in [6.07, 6.45) is 4.95. The highest BCUT2D eigenvalue weighted by Gasteiger charge is 2.39. The number of hydrogen-bond donors (Lipinski definition) is 3. The number of fused-ring (bicyclic) bond motifs is 1. The minimum Gasteiger partial charge on any atom is -0.478 e. The van der Waals surface area contributed by atoms with Crippen molar-refractivity contribution in [1.29, 1.82) is 0 Å². The van der Waals surface area contributed by atoms with Crippen molar-refractivity contribution >= 4 is 45.5 Å². The molecule has 12 nitrogen and oxygen atoms in total. The Balaban J connectivity index is 0.00000523. The molecule has 52 heavy (non-hydrogen) atoms. The molecule has 0 spiro atoms. The third-order valence-corrected chi connectivity index (χ3v) is 10.8. The maximum atomic E-state index is 13.4. The highest BCUT2D eigenvalue weighted by atomic mass is 35.5. The number of aryl methyl sites for hydroxylation is 3. The molecule has 1 aliphatic rings. The maximum absolute atomic E-state index is 13.4. The van der Waals surface area contributed by atoms with Gasteiger partial charge in [0.05, 0.1) is 28.0 Å². The van der Waals surface area contributed by atoms with Crippen LogP contribution in [0, 0.1) is 19.3 Å². The average Bonchev–Trinajstić information content (AvgIpc) is 3.69. The number of nitrogens with one attached hydrogen (secondary N) is 2. The molecule has 3 heterocycles. The molecule has 1 atom stereocenters. The monoisotopic (exact) mass is 747 g/mol. The minimum atomic E-state index is -4.24. The molecule has 1 fully saturated rings. The molecule has 1 saturated carbocycles. The Morgan fingerprint density at radius 3 is 2.38 bits per heavy atom. The molecule has 3 aromatic heterocycles. The number of anilines is 1. The number of benzene rings is 2. The van der Waals surface area contributed by atoms with Crippen LogP contribution in [0.5, 0.6) is 5.88 Å². The van der Waals surface area contributed by atoms with Gasteiger partial charge in [0.15, 0.2) is 5.65 Å². The van der Waals surface area contributed by atoms with Gasteiger partial charge in [0.1, 0.15) is 12.1 Å². The van der Waals surface area contributed by atoms with Crippen LogP contribution in [0.3, 0.4) is 0 Å². The smallest absolute Gasteiger partial charge is 0.335 e. The summed E-state index contributed by atoms with van der Waals surface area (Å²) in [5.41, 5.74) is 6.93. The van der Waals surface area contributed by atoms with Gasteiger partial charge in [-0.2, -0.15) is 4.98 Å². The Morgan fingerprint density at radius 1 is 1.04 bits per heavy atom. The van der Waals surface area contributed by atoms with E-state index in [0.29, 0.717) is 12.2 Å². The normalized spacial score (nSPS) is 14.4. The lowest BCUT2D eigenvalue weighted by Gasteiger charge is -2.22. The summed E-state index contributed by atoms with van der Waals surface area (Å²) in [5.74, 6) is -1.22. The van der Waals surface area contributed by atoms with Gasteiger partial charge in [-0.1, -0.05) is 52.0 Å². The average molecular weight is 748 g/mol. The zero-order valence-corrected chi connectivity index (χ0v) is 32.2. The molecule has 276 valence electrons. The van der Waals surface area contributed by atoms with Gasteiger partial charge in [-0.25, -0.2) is 27.9 Å². The number of carbonyl (C=O) groups is 1. The summed E-state index contributed by atoms with van der Waals surface area (Å²) in [6, 6.07) is 14.7. The molecule has 6 rings (SSSR count). The second kappa shape index (κ2) is 14.8. The van der Waals surface area contributed by atoms with Gasteiger partial charge >= 0.3 is 5.97 Å².